The number of sulfonamides is 1. The van der Waals surface area contributed by atoms with E-state index in [-0.39, 0.29) is 10.8 Å². The lowest BCUT2D eigenvalue weighted by Gasteiger charge is -2.29. The topological polar surface area (TPSA) is 83.1 Å². The minimum atomic E-state index is -3.60. The molecule has 1 aliphatic rings. The van der Waals surface area contributed by atoms with Crippen molar-refractivity contribution in [1.82, 2.24) is 14.2 Å². The number of benzene rings is 2. The number of rotatable bonds is 11. The number of carbonyl (C=O) groups excluding carboxylic acids is 1. The van der Waals surface area contributed by atoms with Crippen LogP contribution < -0.4 is 4.90 Å². The molecular formula is C26H34N4O4S3. The van der Waals surface area contributed by atoms with E-state index in [9.17, 15) is 13.2 Å². The van der Waals surface area contributed by atoms with Gasteiger partial charge in [0.2, 0.25) is 10.0 Å². The number of morpholine rings is 1. The maximum atomic E-state index is 13.7. The number of unbranched alkanes of at least 4 members (excludes halogenated alkanes) is 1. The van der Waals surface area contributed by atoms with Crippen molar-refractivity contribution in [2.24, 2.45) is 0 Å². The number of thiazole rings is 1. The fourth-order valence-corrected chi connectivity index (χ4v) is 6.84. The first-order valence-electron chi connectivity index (χ1n) is 12.5. The molecule has 0 N–H and O–H groups in total. The highest BCUT2D eigenvalue weighted by Gasteiger charge is 2.25. The van der Waals surface area contributed by atoms with Crippen LogP contribution in [0.5, 0.6) is 0 Å². The third-order valence-corrected chi connectivity index (χ3v) is 10.1. The molecule has 1 saturated heterocycles. The summed E-state index contributed by atoms with van der Waals surface area (Å²) in [6, 6.07) is 12.4. The number of hydrogen-bond donors (Lipinski definition) is 0. The number of amides is 1. The lowest BCUT2D eigenvalue weighted by molar-refractivity contribution is 0.0391. The SMILES string of the molecule is CCCCN(C)S(=O)(=O)c1ccc(C(=O)N(CCN2CCOCC2)c2nc3ccc(SC)cc3s2)cc1. The van der Waals surface area contributed by atoms with E-state index in [2.05, 4.69) is 11.0 Å². The van der Waals surface area contributed by atoms with Gasteiger partial charge >= 0.3 is 0 Å². The van der Waals surface area contributed by atoms with Gasteiger partial charge in [-0.25, -0.2) is 17.7 Å². The molecule has 0 saturated carbocycles. The van der Waals surface area contributed by atoms with Crippen LogP contribution in [0.2, 0.25) is 0 Å². The lowest BCUT2D eigenvalue weighted by Crippen LogP contribution is -2.43. The first kappa shape index (κ1) is 28.0. The van der Waals surface area contributed by atoms with Crippen molar-refractivity contribution in [1.29, 1.82) is 0 Å². The van der Waals surface area contributed by atoms with Crippen molar-refractivity contribution in [2.75, 3.05) is 64.1 Å². The third kappa shape index (κ3) is 6.71. The molecular weight excluding hydrogens is 529 g/mol. The zero-order chi connectivity index (χ0) is 26.4. The molecule has 0 aliphatic carbocycles. The number of hydrogen-bond acceptors (Lipinski definition) is 8. The summed E-state index contributed by atoms with van der Waals surface area (Å²) in [5.41, 5.74) is 1.29. The van der Waals surface area contributed by atoms with E-state index in [1.54, 1.807) is 35.8 Å². The molecule has 37 heavy (non-hydrogen) atoms. The van der Waals surface area contributed by atoms with Gasteiger partial charge in [-0.1, -0.05) is 24.7 Å². The van der Waals surface area contributed by atoms with Crippen LogP contribution in [0.4, 0.5) is 5.13 Å². The van der Waals surface area contributed by atoms with E-state index in [1.807, 2.05) is 25.3 Å². The Balaban J connectivity index is 1.59. The minimum absolute atomic E-state index is 0.187. The van der Waals surface area contributed by atoms with Gasteiger partial charge in [0.1, 0.15) is 0 Å². The molecule has 0 radical (unpaired) electrons. The summed E-state index contributed by atoms with van der Waals surface area (Å²) in [7, 11) is -2.01. The molecule has 3 aromatic rings. The smallest absolute Gasteiger partial charge is 0.260 e. The van der Waals surface area contributed by atoms with Crippen molar-refractivity contribution in [3.8, 4) is 0 Å². The first-order valence-corrected chi connectivity index (χ1v) is 15.9. The van der Waals surface area contributed by atoms with E-state index in [4.69, 9.17) is 9.72 Å². The van der Waals surface area contributed by atoms with E-state index in [1.165, 1.54) is 27.8 Å². The van der Waals surface area contributed by atoms with Crippen LogP contribution in [0.3, 0.4) is 0 Å². The molecule has 8 nitrogen and oxygen atoms in total. The Morgan fingerprint density at radius 2 is 1.86 bits per heavy atom. The van der Waals surface area contributed by atoms with Gasteiger partial charge in [0.25, 0.3) is 5.91 Å². The molecule has 0 atom stereocenters. The summed E-state index contributed by atoms with van der Waals surface area (Å²) in [5.74, 6) is -0.194. The molecule has 1 aromatic heterocycles. The summed E-state index contributed by atoms with van der Waals surface area (Å²) in [6.45, 7) is 6.71. The zero-order valence-electron chi connectivity index (χ0n) is 21.6. The van der Waals surface area contributed by atoms with Crippen LogP contribution in [0.15, 0.2) is 52.3 Å². The van der Waals surface area contributed by atoms with Gasteiger partial charge in [0.05, 0.1) is 28.3 Å². The molecule has 11 heteroatoms. The fraction of sp³-hybridized carbons (Fsp3) is 0.462. The van der Waals surface area contributed by atoms with Crippen molar-refractivity contribution < 1.29 is 17.9 Å². The van der Waals surface area contributed by atoms with Crippen LogP contribution in [0.1, 0.15) is 30.1 Å². The Labute approximate surface area is 227 Å². The second-order valence-electron chi connectivity index (χ2n) is 8.95. The van der Waals surface area contributed by atoms with Crippen molar-refractivity contribution >= 4 is 54.4 Å². The normalized spacial score (nSPS) is 14.9. The Kier molecular flexibility index (Phi) is 9.60. The number of fused-ring (bicyclic) bond motifs is 1. The quantitative estimate of drug-likeness (QED) is 0.320. The van der Waals surface area contributed by atoms with E-state index >= 15 is 0 Å². The molecule has 2 aromatic carbocycles. The largest absolute Gasteiger partial charge is 0.379 e. The minimum Gasteiger partial charge on any atom is -0.379 e. The van der Waals surface area contributed by atoms with Gasteiger partial charge in [-0.05, 0) is 55.1 Å². The molecule has 1 fully saturated rings. The number of aromatic nitrogens is 1. The molecule has 200 valence electrons. The van der Waals surface area contributed by atoms with Crippen molar-refractivity contribution in [2.45, 2.75) is 29.6 Å². The van der Waals surface area contributed by atoms with Gasteiger partial charge in [-0.3, -0.25) is 14.6 Å². The van der Waals surface area contributed by atoms with Crippen LogP contribution in [0, 0.1) is 0 Å². The average Bonchev–Trinajstić information content (AvgIpc) is 3.35. The Hall–Kier alpha value is -2.02. The fourth-order valence-electron chi connectivity index (χ4n) is 4.09. The molecule has 1 amide bonds. The van der Waals surface area contributed by atoms with E-state index < -0.39 is 10.0 Å². The highest BCUT2D eigenvalue weighted by molar-refractivity contribution is 7.98. The zero-order valence-corrected chi connectivity index (χ0v) is 24.0. The first-order chi connectivity index (χ1) is 17.8. The summed E-state index contributed by atoms with van der Waals surface area (Å²) in [4.78, 5) is 23.9. The van der Waals surface area contributed by atoms with E-state index in [0.29, 0.717) is 43.5 Å². The molecule has 0 unspecified atom stereocenters. The van der Waals surface area contributed by atoms with Crippen LogP contribution in [-0.2, 0) is 14.8 Å². The summed E-state index contributed by atoms with van der Waals surface area (Å²) in [5, 5.41) is 0.641. The predicted octanol–water partition coefficient (Wildman–Crippen LogP) is 4.42. The highest BCUT2D eigenvalue weighted by Crippen LogP contribution is 2.32. The Morgan fingerprint density at radius 3 is 2.54 bits per heavy atom. The number of anilines is 1. The van der Waals surface area contributed by atoms with Crippen molar-refractivity contribution in [3.63, 3.8) is 0 Å². The number of carbonyl (C=O) groups is 1. The molecule has 0 spiro atoms. The predicted molar refractivity (Wildman–Crippen MR) is 152 cm³/mol. The number of thioether (sulfide) groups is 1. The lowest BCUT2D eigenvalue weighted by atomic mass is 10.2. The molecule has 2 heterocycles. The molecule has 4 rings (SSSR count). The Bertz CT molecular complexity index is 1310. The van der Waals surface area contributed by atoms with Crippen molar-refractivity contribution in [3.05, 3.63) is 48.0 Å². The van der Waals surface area contributed by atoms with Gasteiger partial charge in [0.15, 0.2) is 5.13 Å². The monoisotopic (exact) mass is 562 g/mol. The van der Waals surface area contributed by atoms with E-state index in [0.717, 1.165) is 41.0 Å². The molecule has 0 bridgehead atoms. The maximum Gasteiger partial charge on any atom is 0.260 e. The third-order valence-electron chi connectivity index (χ3n) is 6.44. The number of ether oxygens (including phenoxy) is 1. The highest BCUT2D eigenvalue weighted by atomic mass is 32.2. The summed E-state index contributed by atoms with van der Waals surface area (Å²) >= 11 is 3.17. The average molecular weight is 563 g/mol. The second-order valence-corrected chi connectivity index (χ2v) is 12.9. The second kappa shape index (κ2) is 12.7. The van der Waals surface area contributed by atoms with Gasteiger partial charge < -0.3 is 4.74 Å². The van der Waals surface area contributed by atoms with Gasteiger partial charge in [0, 0.05) is 50.2 Å². The Morgan fingerprint density at radius 1 is 1.14 bits per heavy atom. The summed E-state index contributed by atoms with van der Waals surface area (Å²) < 4.78 is 33.7. The van der Waals surface area contributed by atoms with Gasteiger partial charge in [-0.15, -0.1) is 11.8 Å². The summed E-state index contributed by atoms with van der Waals surface area (Å²) in [6.07, 6.45) is 3.75. The molecule has 1 aliphatic heterocycles. The van der Waals surface area contributed by atoms with Crippen LogP contribution in [-0.4, -0.2) is 87.8 Å². The number of nitrogens with zero attached hydrogens (tertiary/aromatic N) is 4. The van der Waals surface area contributed by atoms with Crippen LogP contribution >= 0.6 is 23.1 Å². The van der Waals surface area contributed by atoms with Crippen LogP contribution in [0.25, 0.3) is 10.2 Å². The standard InChI is InChI=1S/C26H34N4O4S3/c1-4-5-12-28(2)37(32,33)22-9-6-20(7-10-22)25(31)30(14-13-29-15-17-34-18-16-29)26-27-23-11-8-21(35-3)19-24(23)36-26/h6-11,19H,4-5,12-18H2,1-3H3. The maximum absolute atomic E-state index is 13.7. The van der Waals surface area contributed by atoms with Gasteiger partial charge in [-0.2, -0.15) is 0 Å².